The Morgan fingerprint density at radius 2 is 2.33 bits per heavy atom. The van der Waals surface area contributed by atoms with Crippen LogP contribution in [0.15, 0.2) is 21.4 Å². The van der Waals surface area contributed by atoms with Crippen LogP contribution in [0.5, 0.6) is 0 Å². The lowest BCUT2D eigenvalue weighted by atomic mass is 10.2. The van der Waals surface area contributed by atoms with Gasteiger partial charge in [-0.1, -0.05) is 18.2 Å². The number of fused-ring (bicyclic) bond motifs is 1. The van der Waals surface area contributed by atoms with E-state index in [1.165, 1.54) is 23.1 Å². The van der Waals surface area contributed by atoms with E-state index >= 15 is 0 Å². The molecular formula is C14H17N3O2S2. The zero-order chi connectivity index (χ0) is 14.8. The molecule has 3 heterocycles. The minimum Gasteiger partial charge on any atom is -0.355 e. The van der Waals surface area contributed by atoms with Gasteiger partial charge in [0.15, 0.2) is 5.16 Å². The van der Waals surface area contributed by atoms with E-state index in [-0.39, 0.29) is 16.7 Å². The molecule has 0 bridgehead atoms. The summed E-state index contributed by atoms with van der Waals surface area (Å²) < 4.78 is 2.35. The molecule has 7 heteroatoms. The lowest BCUT2D eigenvalue weighted by Gasteiger charge is -2.15. The minimum absolute atomic E-state index is 0.00553. The summed E-state index contributed by atoms with van der Waals surface area (Å²) in [6.45, 7) is 3.24. The van der Waals surface area contributed by atoms with Gasteiger partial charge in [-0.05, 0) is 31.2 Å². The normalized spacial score (nSPS) is 19.5. The molecule has 0 aliphatic carbocycles. The average molecular weight is 323 g/mol. The molecule has 0 radical (unpaired) electrons. The molecule has 1 fully saturated rings. The molecule has 2 aromatic rings. The topological polar surface area (TPSA) is 64.0 Å². The highest BCUT2D eigenvalue weighted by molar-refractivity contribution is 8.00. The van der Waals surface area contributed by atoms with Crippen LogP contribution in [0.4, 0.5) is 0 Å². The molecule has 21 heavy (non-hydrogen) atoms. The van der Waals surface area contributed by atoms with E-state index < -0.39 is 0 Å². The zero-order valence-electron chi connectivity index (χ0n) is 11.8. The van der Waals surface area contributed by atoms with Gasteiger partial charge in [0.05, 0.1) is 10.8 Å². The van der Waals surface area contributed by atoms with Gasteiger partial charge >= 0.3 is 0 Å². The van der Waals surface area contributed by atoms with Crippen molar-refractivity contribution in [1.82, 2.24) is 14.9 Å². The monoisotopic (exact) mass is 323 g/mol. The number of thiophene rings is 1. The molecule has 112 valence electrons. The molecule has 0 spiro atoms. The van der Waals surface area contributed by atoms with Crippen LogP contribution in [-0.4, -0.2) is 27.3 Å². The van der Waals surface area contributed by atoms with E-state index in [0.29, 0.717) is 16.4 Å². The van der Waals surface area contributed by atoms with Gasteiger partial charge in [0.25, 0.3) is 5.56 Å². The molecule has 0 aromatic carbocycles. The molecule has 0 saturated carbocycles. The van der Waals surface area contributed by atoms with E-state index in [1.54, 1.807) is 4.57 Å². The molecule has 3 rings (SSSR count). The van der Waals surface area contributed by atoms with E-state index in [2.05, 4.69) is 10.3 Å². The van der Waals surface area contributed by atoms with Gasteiger partial charge in [-0.2, -0.15) is 0 Å². The second-order valence-electron chi connectivity index (χ2n) is 4.97. The first-order chi connectivity index (χ1) is 10.2. The zero-order valence-corrected chi connectivity index (χ0v) is 13.4. The smallest absolute Gasteiger partial charge is 0.272 e. The standard InChI is InChI=1S/C14H17N3O2S2/c1-2-17-13(19)11-9(6-8-20-11)16-14(17)21-10-5-3-4-7-15-12(10)18/h6,8,10H,2-5,7H2,1H3,(H,15,18)/t10-/m1/s1. The maximum Gasteiger partial charge on any atom is 0.272 e. The van der Waals surface area contributed by atoms with Gasteiger partial charge in [-0.3, -0.25) is 14.2 Å². The highest BCUT2D eigenvalue weighted by atomic mass is 32.2. The molecule has 1 atom stereocenters. The summed E-state index contributed by atoms with van der Waals surface area (Å²) in [6.07, 6.45) is 2.87. The fourth-order valence-electron chi connectivity index (χ4n) is 2.44. The lowest BCUT2D eigenvalue weighted by Crippen LogP contribution is -2.31. The number of aromatic nitrogens is 2. The van der Waals surface area contributed by atoms with Crippen molar-refractivity contribution < 1.29 is 4.79 Å². The van der Waals surface area contributed by atoms with Crippen molar-refractivity contribution in [2.45, 2.75) is 43.1 Å². The summed E-state index contributed by atoms with van der Waals surface area (Å²) in [5, 5.41) is 5.30. The van der Waals surface area contributed by atoms with Crippen LogP contribution in [0, 0.1) is 0 Å². The fourth-order valence-corrected chi connectivity index (χ4v) is 4.44. The molecule has 5 nitrogen and oxygen atoms in total. The van der Waals surface area contributed by atoms with Crippen molar-refractivity contribution in [1.29, 1.82) is 0 Å². The van der Waals surface area contributed by atoms with Crippen molar-refractivity contribution in [3.63, 3.8) is 0 Å². The van der Waals surface area contributed by atoms with Crippen LogP contribution in [0.25, 0.3) is 10.2 Å². The Balaban J connectivity index is 1.99. The summed E-state index contributed by atoms with van der Waals surface area (Å²) in [5.41, 5.74) is 0.722. The SMILES string of the molecule is CCn1c(S[C@@H]2CCCCNC2=O)nc2ccsc2c1=O. The van der Waals surface area contributed by atoms with Crippen LogP contribution in [0.1, 0.15) is 26.2 Å². The predicted molar refractivity (Wildman–Crippen MR) is 86.1 cm³/mol. The first kappa shape index (κ1) is 14.6. The number of carbonyl (C=O) groups excluding carboxylic acids is 1. The van der Waals surface area contributed by atoms with Gasteiger partial charge < -0.3 is 5.32 Å². The number of amides is 1. The number of rotatable bonds is 3. The number of hydrogen-bond donors (Lipinski definition) is 1. The van der Waals surface area contributed by atoms with E-state index in [1.807, 2.05) is 18.4 Å². The van der Waals surface area contributed by atoms with Crippen molar-refractivity contribution in [3.8, 4) is 0 Å². The molecule has 0 unspecified atom stereocenters. The Hall–Kier alpha value is -1.34. The number of thioether (sulfide) groups is 1. The van der Waals surface area contributed by atoms with Crippen molar-refractivity contribution in [2.75, 3.05) is 6.54 Å². The largest absolute Gasteiger partial charge is 0.355 e. The van der Waals surface area contributed by atoms with Crippen molar-refractivity contribution in [2.24, 2.45) is 0 Å². The highest BCUT2D eigenvalue weighted by Crippen LogP contribution is 2.28. The van der Waals surface area contributed by atoms with Crippen LogP contribution >= 0.6 is 23.1 Å². The first-order valence-corrected chi connectivity index (χ1v) is 8.89. The summed E-state index contributed by atoms with van der Waals surface area (Å²) in [4.78, 5) is 29.1. The summed E-state index contributed by atoms with van der Waals surface area (Å²) in [7, 11) is 0. The molecule has 1 N–H and O–H groups in total. The van der Waals surface area contributed by atoms with E-state index in [4.69, 9.17) is 0 Å². The number of carbonyl (C=O) groups is 1. The third kappa shape index (κ3) is 2.85. The molecule has 1 aliphatic heterocycles. The van der Waals surface area contributed by atoms with Crippen LogP contribution < -0.4 is 10.9 Å². The van der Waals surface area contributed by atoms with Gasteiger partial charge in [0.2, 0.25) is 5.91 Å². The van der Waals surface area contributed by atoms with Gasteiger partial charge in [0.1, 0.15) is 4.70 Å². The second kappa shape index (κ2) is 6.19. The quantitative estimate of drug-likeness (QED) is 0.880. The summed E-state index contributed by atoms with van der Waals surface area (Å²) >= 11 is 2.83. The number of hydrogen-bond acceptors (Lipinski definition) is 5. The van der Waals surface area contributed by atoms with Crippen LogP contribution in [0.2, 0.25) is 0 Å². The van der Waals surface area contributed by atoms with E-state index in [0.717, 1.165) is 31.3 Å². The maximum absolute atomic E-state index is 12.5. The molecule has 1 aliphatic rings. The van der Waals surface area contributed by atoms with E-state index in [9.17, 15) is 9.59 Å². The molecule has 2 aromatic heterocycles. The Labute approximate surface area is 130 Å². The lowest BCUT2D eigenvalue weighted by molar-refractivity contribution is -0.120. The van der Waals surface area contributed by atoms with Crippen LogP contribution in [0.3, 0.4) is 0 Å². The summed E-state index contributed by atoms with van der Waals surface area (Å²) in [6, 6.07) is 1.86. The van der Waals surface area contributed by atoms with Gasteiger partial charge in [0, 0.05) is 13.1 Å². The molecule has 1 amide bonds. The van der Waals surface area contributed by atoms with Crippen LogP contribution in [-0.2, 0) is 11.3 Å². The summed E-state index contributed by atoms with van der Waals surface area (Å²) in [5.74, 6) is 0.0554. The third-order valence-corrected chi connectivity index (χ3v) is 5.73. The number of nitrogens with one attached hydrogen (secondary N) is 1. The third-order valence-electron chi connectivity index (χ3n) is 3.58. The van der Waals surface area contributed by atoms with Gasteiger partial charge in [-0.15, -0.1) is 11.3 Å². The molecule has 1 saturated heterocycles. The Morgan fingerprint density at radius 1 is 1.48 bits per heavy atom. The average Bonchev–Trinajstić information content (AvgIpc) is 2.85. The fraction of sp³-hybridized carbons (Fsp3) is 0.500. The Kier molecular flexibility index (Phi) is 4.30. The highest BCUT2D eigenvalue weighted by Gasteiger charge is 2.24. The second-order valence-corrected chi connectivity index (χ2v) is 7.06. The predicted octanol–water partition coefficient (Wildman–Crippen LogP) is 2.24. The minimum atomic E-state index is -0.159. The maximum atomic E-state index is 12.5. The first-order valence-electron chi connectivity index (χ1n) is 7.13. The Morgan fingerprint density at radius 3 is 3.14 bits per heavy atom. The van der Waals surface area contributed by atoms with Gasteiger partial charge in [-0.25, -0.2) is 4.98 Å². The van der Waals surface area contributed by atoms with Crippen molar-refractivity contribution in [3.05, 3.63) is 21.8 Å². The van der Waals surface area contributed by atoms with Crippen molar-refractivity contribution >= 4 is 39.2 Å². The number of nitrogens with zero attached hydrogens (tertiary/aromatic N) is 2. The molecular weight excluding hydrogens is 306 g/mol. The Bertz CT molecular complexity index is 723.